The number of nitrogens with two attached hydrogens (primary N) is 1. The van der Waals surface area contributed by atoms with Crippen molar-refractivity contribution in [3.05, 3.63) is 36.5 Å². The Morgan fingerprint density at radius 2 is 2.29 bits per heavy atom. The van der Waals surface area contributed by atoms with Crippen molar-refractivity contribution < 1.29 is 4.74 Å². The second-order valence-corrected chi connectivity index (χ2v) is 4.44. The van der Waals surface area contributed by atoms with Gasteiger partial charge in [0.2, 0.25) is 0 Å². The average Bonchev–Trinajstić information content (AvgIpc) is 2.35. The number of pyridine rings is 1. The Bertz CT molecular complexity index is 542. The predicted molar refractivity (Wildman–Crippen MR) is 73.2 cm³/mol. The molecule has 1 aromatic heterocycles. The van der Waals surface area contributed by atoms with Crippen LogP contribution in [0.1, 0.15) is 6.92 Å². The van der Waals surface area contributed by atoms with Crippen LogP contribution in [0.15, 0.2) is 36.5 Å². The third-order valence-electron chi connectivity index (χ3n) is 2.56. The highest BCUT2D eigenvalue weighted by molar-refractivity contribution is 7.80. The summed E-state index contributed by atoms with van der Waals surface area (Å²) in [7, 11) is 0. The maximum Gasteiger partial charge on any atom is 0.120 e. The van der Waals surface area contributed by atoms with E-state index in [0.29, 0.717) is 11.6 Å². The minimum absolute atomic E-state index is 0.0783. The van der Waals surface area contributed by atoms with Crippen LogP contribution in [-0.2, 0) is 0 Å². The normalized spacial score (nSPS) is 12.3. The first-order valence-corrected chi connectivity index (χ1v) is 5.84. The minimum atomic E-state index is 0.0783. The van der Waals surface area contributed by atoms with Crippen molar-refractivity contribution in [3.8, 4) is 5.75 Å². The van der Waals surface area contributed by atoms with E-state index < -0.39 is 0 Å². The van der Waals surface area contributed by atoms with Crippen LogP contribution in [0, 0.1) is 5.92 Å². The lowest BCUT2D eigenvalue weighted by molar-refractivity contribution is 0.294. The molecule has 0 bridgehead atoms. The van der Waals surface area contributed by atoms with Crippen molar-refractivity contribution in [3.63, 3.8) is 0 Å². The van der Waals surface area contributed by atoms with E-state index in [1.807, 2.05) is 37.3 Å². The summed E-state index contributed by atoms with van der Waals surface area (Å²) in [4.78, 5) is 4.73. The molecule has 0 spiro atoms. The van der Waals surface area contributed by atoms with Crippen LogP contribution in [0.2, 0.25) is 0 Å². The van der Waals surface area contributed by atoms with Gasteiger partial charge >= 0.3 is 0 Å². The summed E-state index contributed by atoms with van der Waals surface area (Å²) in [6.07, 6.45) is 1.78. The number of aromatic nitrogens is 1. The summed E-state index contributed by atoms with van der Waals surface area (Å²) in [5.74, 6) is 0.892. The van der Waals surface area contributed by atoms with E-state index in [9.17, 15) is 0 Å². The number of benzene rings is 1. The van der Waals surface area contributed by atoms with Crippen LogP contribution in [0.25, 0.3) is 10.9 Å². The third-order valence-corrected chi connectivity index (χ3v) is 2.96. The summed E-state index contributed by atoms with van der Waals surface area (Å²) in [5.41, 5.74) is 6.49. The zero-order valence-electron chi connectivity index (χ0n) is 9.59. The molecule has 3 nitrogen and oxygen atoms in total. The molecular formula is C13H14N2OS. The highest BCUT2D eigenvalue weighted by Crippen LogP contribution is 2.19. The Hall–Kier alpha value is -1.68. The Balaban J connectivity index is 2.12. The topological polar surface area (TPSA) is 48.1 Å². The maximum atomic E-state index is 5.64. The number of nitrogens with zero attached hydrogens (tertiary/aromatic N) is 1. The molecule has 88 valence electrons. The molecule has 0 saturated carbocycles. The van der Waals surface area contributed by atoms with Gasteiger partial charge < -0.3 is 10.5 Å². The van der Waals surface area contributed by atoms with Crippen molar-refractivity contribution in [1.82, 2.24) is 4.98 Å². The minimum Gasteiger partial charge on any atom is -0.493 e. The standard InChI is InChI=1S/C13H14N2OS/c1-9(13(14)17)8-16-11-4-5-12-10(7-11)3-2-6-15-12/h2-7,9H,8H2,1H3,(H2,14,17). The average molecular weight is 246 g/mol. The van der Waals surface area contributed by atoms with Crippen LogP contribution >= 0.6 is 12.2 Å². The lowest BCUT2D eigenvalue weighted by Gasteiger charge is -2.11. The van der Waals surface area contributed by atoms with Gasteiger partial charge in [0.25, 0.3) is 0 Å². The van der Waals surface area contributed by atoms with Gasteiger partial charge in [-0.15, -0.1) is 0 Å². The quantitative estimate of drug-likeness (QED) is 0.842. The van der Waals surface area contributed by atoms with Crippen LogP contribution in [0.4, 0.5) is 0 Å². The van der Waals surface area contributed by atoms with Gasteiger partial charge in [0.15, 0.2) is 0 Å². The molecule has 0 amide bonds. The van der Waals surface area contributed by atoms with Crippen molar-refractivity contribution >= 4 is 28.1 Å². The molecule has 0 saturated heterocycles. The first kappa shape index (κ1) is 11.8. The monoisotopic (exact) mass is 246 g/mol. The van der Waals surface area contributed by atoms with E-state index in [4.69, 9.17) is 22.7 Å². The van der Waals surface area contributed by atoms with Gasteiger partial charge in [-0.25, -0.2) is 0 Å². The van der Waals surface area contributed by atoms with Crippen molar-refractivity contribution in [2.45, 2.75) is 6.92 Å². The van der Waals surface area contributed by atoms with E-state index in [1.54, 1.807) is 6.20 Å². The summed E-state index contributed by atoms with van der Waals surface area (Å²) in [5, 5.41) is 1.06. The molecular weight excluding hydrogens is 232 g/mol. The molecule has 2 aromatic rings. The highest BCUT2D eigenvalue weighted by Gasteiger charge is 2.06. The zero-order valence-corrected chi connectivity index (χ0v) is 10.4. The summed E-state index contributed by atoms with van der Waals surface area (Å²) in [6.45, 7) is 2.45. The van der Waals surface area contributed by atoms with Gasteiger partial charge in [0, 0.05) is 17.5 Å². The second kappa shape index (κ2) is 5.10. The molecule has 1 aromatic carbocycles. The largest absolute Gasteiger partial charge is 0.493 e. The first-order chi connectivity index (χ1) is 8.16. The maximum absolute atomic E-state index is 5.64. The SMILES string of the molecule is CC(COc1ccc2ncccc2c1)C(N)=S. The number of ether oxygens (including phenoxy) is 1. The van der Waals surface area contributed by atoms with E-state index in [-0.39, 0.29) is 5.92 Å². The molecule has 0 fully saturated rings. The van der Waals surface area contributed by atoms with Crippen LogP contribution in [0.5, 0.6) is 5.75 Å². The molecule has 0 aliphatic carbocycles. The third kappa shape index (κ3) is 2.91. The molecule has 0 aliphatic rings. The van der Waals surface area contributed by atoms with Gasteiger partial charge in [-0.1, -0.05) is 25.2 Å². The number of hydrogen-bond acceptors (Lipinski definition) is 3. The molecule has 0 aliphatic heterocycles. The summed E-state index contributed by atoms with van der Waals surface area (Å²) < 4.78 is 5.64. The van der Waals surface area contributed by atoms with E-state index >= 15 is 0 Å². The Morgan fingerprint density at radius 1 is 1.47 bits per heavy atom. The number of thiocarbonyl (C=S) groups is 1. The van der Waals surface area contributed by atoms with Crippen molar-refractivity contribution in [1.29, 1.82) is 0 Å². The predicted octanol–water partition coefficient (Wildman–Crippen LogP) is 2.54. The zero-order chi connectivity index (χ0) is 12.3. The number of rotatable bonds is 4. The smallest absolute Gasteiger partial charge is 0.120 e. The van der Waals surface area contributed by atoms with Gasteiger partial charge in [-0.2, -0.15) is 0 Å². The molecule has 2 N–H and O–H groups in total. The fourth-order valence-electron chi connectivity index (χ4n) is 1.45. The van der Waals surface area contributed by atoms with Crippen LogP contribution < -0.4 is 10.5 Å². The van der Waals surface area contributed by atoms with Gasteiger partial charge in [-0.05, 0) is 24.3 Å². The molecule has 17 heavy (non-hydrogen) atoms. The van der Waals surface area contributed by atoms with Gasteiger partial charge in [0.1, 0.15) is 5.75 Å². The Kier molecular flexibility index (Phi) is 3.54. The fraction of sp³-hybridized carbons (Fsp3) is 0.231. The molecule has 4 heteroatoms. The van der Waals surface area contributed by atoms with Gasteiger partial charge in [0.05, 0.1) is 17.1 Å². The van der Waals surface area contributed by atoms with E-state index in [1.165, 1.54) is 0 Å². The summed E-state index contributed by atoms with van der Waals surface area (Å²) in [6, 6.07) is 9.72. The van der Waals surface area contributed by atoms with Gasteiger partial charge in [-0.3, -0.25) is 4.98 Å². The second-order valence-electron chi connectivity index (χ2n) is 3.97. The summed E-state index contributed by atoms with van der Waals surface area (Å²) >= 11 is 4.90. The molecule has 1 unspecified atom stereocenters. The molecule has 2 rings (SSSR count). The van der Waals surface area contributed by atoms with E-state index in [0.717, 1.165) is 16.7 Å². The van der Waals surface area contributed by atoms with E-state index in [2.05, 4.69) is 4.98 Å². The lowest BCUT2D eigenvalue weighted by atomic mass is 10.2. The molecule has 1 atom stereocenters. The fourth-order valence-corrected chi connectivity index (χ4v) is 1.51. The van der Waals surface area contributed by atoms with Crippen LogP contribution in [0.3, 0.4) is 0 Å². The first-order valence-electron chi connectivity index (χ1n) is 5.44. The highest BCUT2D eigenvalue weighted by atomic mass is 32.1. The van der Waals surface area contributed by atoms with Crippen molar-refractivity contribution in [2.75, 3.05) is 6.61 Å². The Labute approximate surface area is 106 Å². The number of hydrogen-bond donors (Lipinski definition) is 1. The number of fused-ring (bicyclic) bond motifs is 1. The lowest BCUT2D eigenvalue weighted by Crippen LogP contribution is -2.23. The van der Waals surface area contributed by atoms with Crippen molar-refractivity contribution in [2.24, 2.45) is 11.7 Å². The molecule has 1 heterocycles. The molecule has 0 radical (unpaired) electrons. The van der Waals surface area contributed by atoms with Crippen LogP contribution in [-0.4, -0.2) is 16.6 Å². The Morgan fingerprint density at radius 3 is 3.06 bits per heavy atom.